The lowest BCUT2D eigenvalue weighted by atomic mass is 9.78. The van der Waals surface area contributed by atoms with Gasteiger partial charge in [-0.1, -0.05) is 31.5 Å². The van der Waals surface area contributed by atoms with Crippen LogP contribution in [0.25, 0.3) is 0 Å². The monoisotopic (exact) mass is 280 g/mol. The zero-order chi connectivity index (χ0) is 12.9. The number of aliphatic imine (C=N–C) groups is 1. The van der Waals surface area contributed by atoms with Crippen LogP contribution in [-0.2, 0) is 4.74 Å². The minimum absolute atomic E-state index is 0.361. The molecule has 1 spiro atoms. The van der Waals surface area contributed by atoms with Crippen molar-refractivity contribution < 1.29 is 4.74 Å². The second-order valence-corrected chi connectivity index (χ2v) is 7.97. The van der Waals surface area contributed by atoms with Crippen molar-refractivity contribution in [3.8, 4) is 0 Å². The highest BCUT2D eigenvalue weighted by Gasteiger charge is 2.43. The van der Waals surface area contributed by atoms with E-state index in [2.05, 4.69) is 12.2 Å². The van der Waals surface area contributed by atoms with Gasteiger partial charge in [0.1, 0.15) is 0 Å². The van der Waals surface area contributed by atoms with Gasteiger partial charge in [-0.25, -0.2) is 0 Å². The zero-order valence-electron chi connectivity index (χ0n) is 11.7. The van der Waals surface area contributed by atoms with Gasteiger partial charge in [-0.3, -0.25) is 4.99 Å². The quantitative estimate of drug-likeness (QED) is 0.802. The largest absolute Gasteiger partial charge is 0.373 e. The molecule has 3 nitrogen and oxygen atoms in total. The predicted octanol–water partition coefficient (Wildman–Crippen LogP) is 2.95. The fraction of sp³-hybridized carbons (Fsp3) is 0.933. The normalized spacial score (nSPS) is 51.1. The fourth-order valence-electron chi connectivity index (χ4n) is 4.38. The van der Waals surface area contributed by atoms with Crippen LogP contribution in [-0.4, -0.2) is 34.7 Å². The Bertz CT molecular complexity index is 400. The number of hydrogen-bond acceptors (Lipinski definition) is 3. The van der Waals surface area contributed by atoms with Crippen molar-refractivity contribution in [3.63, 3.8) is 0 Å². The molecule has 1 N–H and O–H groups in total. The summed E-state index contributed by atoms with van der Waals surface area (Å²) in [6.45, 7) is 2.40. The number of ether oxygens (including phenoxy) is 1. The molecule has 5 unspecified atom stereocenters. The highest BCUT2D eigenvalue weighted by Crippen LogP contribution is 2.40. The summed E-state index contributed by atoms with van der Waals surface area (Å²) in [5, 5.41) is 4.98. The van der Waals surface area contributed by atoms with E-state index in [9.17, 15) is 0 Å². The van der Waals surface area contributed by atoms with Gasteiger partial charge in [0.25, 0.3) is 0 Å². The predicted molar refractivity (Wildman–Crippen MR) is 79.7 cm³/mol. The number of fused-ring (bicyclic) bond motifs is 2. The van der Waals surface area contributed by atoms with Crippen LogP contribution in [0.4, 0.5) is 0 Å². The fourth-order valence-corrected chi connectivity index (χ4v) is 5.62. The van der Waals surface area contributed by atoms with Crippen molar-refractivity contribution in [2.75, 3.05) is 5.75 Å². The molecule has 0 aromatic rings. The van der Waals surface area contributed by atoms with Crippen LogP contribution in [0.3, 0.4) is 0 Å². The summed E-state index contributed by atoms with van der Waals surface area (Å²) in [5.74, 6) is 2.09. The van der Waals surface area contributed by atoms with E-state index in [1.54, 1.807) is 0 Å². The number of hydrogen-bond donors (Lipinski definition) is 1. The van der Waals surface area contributed by atoms with Crippen molar-refractivity contribution in [2.24, 2.45) is 10.9 Å². The maximum Gasteiger partial charge on any atom is 0.157 e. The SMILES string of the molecule is CC1CCCC2(CSC(=NC3CC4CCC3O4)N2)C1. The molecule has 1 aliphatic carbocycles. The Morgan fingerprint density at radius 3 is 3.05 bits per heavy atom. The number of nitrogens with zero attached hydrogens (tertiary/aromatic N) is 1. The van der Waals surface area contributed by atoms with Crippen molar-refractivity contribution in [3.05, 3.63) is 0 Å². The third-order valence-electron chi connectivity index (χ3n) is 5.31. The molecule has 1 saturated carbocycles. The summed E-state index contributed by atoms with van der Waals surface area (Å²) in [4.78, 5) is 4.98. The zero-order valence-corrected chi connectivity index (χ0v) is 12.5. The molecule has 106 valence electrons. The van der Waals surface area contributed by atoms with Gasteiger partial charge in [0, 0.05) is 11.3 Å². The Labute approximate surface area is 120 Å². The molecule has 4 heteroatoms. The van der Waals surface area contributed by atoms with Gasteiger partial charge in [-0.05, 0) is 38.0 Å². The molecule has 0 aromatic heterocycles. The lowest BCUT2D eigenvalue weighted by Crippen LogP contribution is -2.47. The van der Waals surface area contributed by atoms with Crippen molar-refractivity contribution in [1.29, 1.82) is 0 Å². The molecule has 4 rings (SSSR count). The van der Waals surface area contributed by atoms with Crippen LogP contribution in [0.2, 0.25) is 0 Å². The van der Waals surface area contributed by atoms with Crippen LogP contribution in [0.5, 0.6) is 0 Å². The smallest absolute Gasteiger partial charge is 0.157 e. The second-order valence-electron chi connectivity index (χ2n) is 7.01. The summed E-state index contributed by atoms with van der Waals surface area (Å²) >= 11 is 1.95. The Balaban J connectivity index is 1.44. The number of thioether (sulfide) groups is 1. The van der Waals surface area contributed by atoms with Gasteiger partial charge in [-0.15, -0.1) is 0 Å². The number of amidine groups is 1. The average molecular weight is 280 g/mol. The summed E-state index contributed by atoms with van der Waals surface area (Å²) in [7, 11) is 0. The molecule has 19 heavy (non-hydrogen) atoms. The molecule has 0 aromatic carbocycles. The van der Waals surface area contributed by atoms with E-state index in [0.717, 1.165) is 12.3 Å². The van der Waals surface area contributed by atoms with E-state index >= 15 is 0 Å². The lowest BCUT2D eigenvalue weighted by Gasteiger charge is -2.36. The molecule has 3 saturated heterocycles. The molecule has 3 heterocycles. The van der Waals surface area contributed by atoms with E-state index in [4.69, 9.17) is 9.73 Å². The van der Waals surface area contributed by atoms with Gasteiger partial charge >= 0.3 is 0 Å². The molecular weight excluding hydrogens is 256 g/mol. The first-order chi connectivity index (χ1) is 9.22. The Hall–Kier alpha value is -0.220. The van der Waals surface area contributed by atoms with Crippen LogP contribution in [0.1, 0.15) is 51.9 Å². The molecule has 0 radical (unpaired) electrons. The minimum atomic E-state index is 0.361. The molecular formula is C15H24N2OS. The first kappa shape index (κ1) is 12.5. The highest BCUT2D eigenvalue weighted by molar-refractivity contribution is 8.14. The molecule has 4 aliphatic rings. The molecule has 5 atom stereocenters. The van der Waals surface area contributed by atoms with Gasteiger partial charge < -0.3 is 10.1 Å². The van der Waals surface area contributed by atoms with Gasteiger partial charge in [0.15, 0.2) is 5.17 Å². The topological polar surface area (TPSA) is 33.6 Å². The highest BCUT2D eigenvalue weighted by atomic mass is 32.2. The number of nitrogens with one attached hydrogen (secondary N) is 1. The number of rotatable bonds is 1. The van der Waals surface area contributed by atoms with E-state index in [1.807, 2.05) is 11.8 Å². The lowest BCUT2D eigenvalue weighted by molar-refractivity contribution is 0.101. The molecule has 4 fully saturated rings. The van der Waals surface area contributed by atoms with E-state index in [1.165, 1.54) is 49.4 Å². The summed E-state index contributed by atoms with van der Waals surface area (Å²) in [5.41, 5.74) is 0.361. The molecule has 3 aliphatic heterocycles. The van der Waals surface area contributed by atoms with E-state index in [-0.39, 0.29) is 0 Å². The maximum absolute atomic E-state index is 5.91. The Morgan fingerprint density at radius 2 is 2.32 bits per heavy atom. The van der Waals surface area contributed by atoms with Gasteiger partial charge in [0.05, 0.1) is 18.2 Å². The third kappa shape index (κ3) is 2.31. The van der Waals surface area contributed by atoms with Crippen LogP contribution in [0.15, 0.2) is 4.99 Å². The maximum atomic E-state index is 5.91. The van der Waals surface area contributed by atoms with Crippen molar-refractivity contribution >= 4 is 16.9 Å². The van der Waals surface area contributed by atoms with Crippen LogP contribution < -0.4 is 5.32 Å². The first-order valence-corrected chi connectivity index (χ1v) is 8.85. The van der Waals surface area contributed by atoms with Gasteiger partial charge in [-0.2, -0.15) is 0 Å². The van der Waals surface area contributed by atoms with Crippen molar-refractivity contribution in [1.82, 2.24) is 5.32 Å². The average Bonchev–Trinajstić information content (AvgIpc) is 3.06. The van der Waals surface area contributed by atoms with Crippen LogP contribution in [0, 0.1) is 5.92 Å². The summed E-state index contributed by atoms with van der Waals surface area (Å²) in [6, 6.07) is 0.435. The summed E-state index contributed by atoms with van der Waals surface area (Å²) in [6.07, 6.45) is 9.99. The Kier molecular flexibility index (Phi) is 3.07. The van der Waals surface area contributed by atoms with E-state index in [0.29, 0.717) is 23.8 Å². The minimum Gasteiger partial charge on any atom is -0.373 e. The first-order valence-electron chi connectivity index (χ1n) is 7.87. The third-order valence-corrected chi connectivity index (χ3v) is 6.48. The summed E-state index contributed by atoms with van der Waals surface area (Å²) < 4.78 is 5.91. The van der Waals surface area contributed by atoms with E-state index < -0.39 is 0 Å². The molecule has 0 amide bonds. The van der Waals surface area contributed by atoms with Crippen LogP contribution >= 0.6 is 11.8 Å². The standard InChI is InChI=1S/C15H24N2OS/c1-10-3-2-6-15(8-10)9-19-14(17-15)16-12-7-11-4-5-13(12)18-11/h10-13H,2-9H2,1H3,(H,16,17). The second kappa shape index (κ2) is 4.66. The van der Waals surface area contributed by atoms with Gasteiger partial charge in [0.2, 0.25) is 0 Å². The van der Waals surface area contributed by atoms with Crippen molar-refractivity contribution in [2.45, 2.75) is 75.7 Å². The molecule has 2 bridgehead atoms. The Morgan fingerprint density at radius 1 is 1.37 bits per heavy atom.